The lowest BCUT2D eigenvalue weighted by Gasteiger charge is -2.32. The summed E-state index contributed by atoms with van der Waals surface area (Å²) >= 11 is 0. The quantitative estimate of drug-likeness (QED) is 0.729. The van der Waals surface area contributed by atoms with Crippen molar-refractivity contribution in [1.82, 2.24) is 0 Å². The normalized spacial score (nSPS) is 14.8. The van der Waals surface area contributed by atoms with E-state index in [1.165, 1.54) is 0 Å². The van der Waals surface area contributed by atoms with E-state index in [-0.39, 0.29) is 6.09 Å². The largest absolute Gasteiger partial charge is 0.443 e. The molecule has 1 amide bonds. The van der Waals surface area contributed by atoms with Crippen molar-refractivity contribution in [1.29, 1.82) is 0 Å². The third-order valence-corrected chi connectivity index (χ3v) is 2.99. The molecule has 0 radical (unpaired) electrons. The Hall–Kier alpha value is -1.84. The number of hydrogen-bond donors (Lipinski definition) is 0. The highest BCUT2D eigenvalue weighted by Crippen LogP contribution is 2.31. The topological polar surface area (TPSA) is 46.6 Å². The fraction of sp³-hybridized carbons (Fsp3) is 0.467. The number of aldehydes is 1. The highest BCUT2D eigenvalue weighted by atomic mass is 16.6. The van der Waals surface area contributed by atoms with Gasteiger partial charge in [0.2, 0.25) is 0 Å². The second-order valence-electron chi connectivity index (χ2n) is 5.71. The maximum Gasteiger partial charge on any atom is 0.414 e. The van der Waals surface area contributed by atoms with Crippen LogP contribution in [0.25, 0.3) is 0 Å². The molecule has 0 saturated carbocycles. The van der Waals surface area contributed by atoms with Crippen LogP contribution in [0.1, 0.15) is 43.1 Å². The van der Waals surface area contributed by atoms with Crippen LogP contribution in [0, 0.1) is 0 Å². The first-order valence-corrected chi connectivity index (χ1v) is 6.50. The number of aryl methyl sites for hydroxylation is 1. The number of amides is 1. The van der Waals surface area contributed by atoms with E-state index in [2.05, 4.69) is 0 Å². The minimum atomic E-state index is -0.537. The molecule has 0 saturated heterocycles. The first-order valence-electron chi connectivity index (χ1n) is 6.50. The van der Waals surface area contributed by atoms with Crippen LogP contribution in [0.4, 0.5) is 10.5 Å². The molecule has 4 heteroatoms. The van der Waals surface area contributed by atoms with E-state index in [0.29, 0.717) is 17.8 Å². The number of nitrogens with zero attached hydrogens (tertiary/aromatic N) is 1. The maximum absolute atomic E-state index is 12.2. The molecule has 19 heavy (non-hydrogen) atoms. The molecule has 1 aromatic carbocycles. The molecule has 0 bridgehead atoms. The van der Waals surface area contributed by atoms with Crippen molar-refractivity contribution in [3.8, 4) is 0 Å². The van der Waals surface area contributed by atoms with Crippen molar-refractivity contribution in [3.05, 3.63) is 29.3 Å². The van der Waals surface area contributed by atoms with Gasteiger partial charge in [-0.05, 0) is 45.2 Å². The zero-order valence-corrected chi connectivity index (χ0v) is 11.6. The number of benzene rings is 1. The molecule has 1 aromatic rings. The monoisotopic (exact) mass is 261 g/mol. The fourth-order valence-corrected chi connectivity index (χ4v) is 2.28. The molecule has 1 heterocycles. The number of anilines is 1. The first-order chi connectivity index (χ1) is 8.92. The molecule has 0 N–H and O–H groups in total. The Morgan fingerprint density at radius 1 is 1.37 bits per heavy atom. The SMILES string of the molecule is CC(C)(C)OC(=O)N1CCCc2cccc(C=O)c21. The molecule has 1 aliphatic rings. The molecule has 0 unspecified atom stereocenters. The minimum Gasteiger partial charge on any atom is -0.443 e. The zero-order chi connectivity index (χ0) is 14.0. The molecule has 0 atom stereocenters. The third-order valence-electron chi connectivity index (χ3n) is 2.99. The number of carbonyl (C=O) groups is 2. The molecular weight excluding hydrogens is 242 g/mol. The number of ether oxygens (including phenoxy) is 1. The minimum absolute atomic E-state index is 0.386. The predicted octanol–water partition coefficient (Wildman–Crippen LogP) is 3.19. The number of carbonyl (C=O) groups excluding carboxylic acids is 2. The van der Waals surface area contributed by atoms with Crippen molar-refractivity contribution in [2.75, 3.05) is 11.4 Å². The molecule has 0 aromatic heterocycles. The lowest BCUT2D eigenvalue weighted by atomic mass is 9.98. The molecule has 102 valence electrons. The highest BCUT2D eigenvalue weighted by Gasteiger charge is 2.28. The van der Waals surface area contributed by atoms with E-state index >= 15 is 0 Å². The summed E-state index contributed by atoms with van der Waals surface area (Å²) in [7, 11) is 0. The summed E-state index contributed by atoms with van der Waals surface area (Å²) in [5.41, 5.74) is 1.74. The Morgan fingerprint density at radius 3 is 2.74 bits per heavy atom. The summed E-state index contributed by atoms with van der Waals surface area (Å²) in [5.74, 6) is 0. The zero-order valence-electron chi connectivity index (χ0n) is 11.6. The average Bonchev–Trinajstić information content (AvgIpc) is 2.35. The first kappa shape index (κ1) is 13.6. The molecule has 0 aliphatic carbocycles. The summed E-state index contributed by atoms with van der Waals surface area (Å²) in [6.07, 6.45) is 2.18. The van der Waals surface area contributed by atoms with Crippen LogP contribution in [0.15, 0.2) is 18.2 Å². The Balaban J connectivity index is 2.36. The van der Waals surface area contributed by atoms with Gasteiger partial charge in [0.05, 0.1) is 5.69 Å². The average molecular weight is 261 g/mol. The number of rotatable bonds is 1. The highest BCUT2D eigenvalue weighted by molar-refractivity contribution is 5.96. The van der Waals surface area contributed by atoms with Crippen LogP contribution in [0.5, 0.6) is 0 Å². The summed E-state index contributed by atoms with van der Waals surface area (Å²) < 4.78 is 5.40. The molecule has 0 spiro atoms. The van der Waals surface area contributed by atoms with Gasteiger partial charge in [0.1, 0.15) is 5.60 Å². The number of para-hydroxylation sites is 1. The van der Waals surface area contributed by atoms with Crippen molar-refractivity contribution in [3.63, 3.8) is 0 Å². The van der Waals surface area contributed by atoms with Gasteiger partial charge in [-0.3, -0.25) is 9.69 Å². The molecule has 2 rings (SSSR count). The van der Waals surface area contributed by atoms with Gasteiger partial charge in [-0.25, -0.2) is 4.79 Å². The van der Waals surface area contributed by atoms with E-state index in [1.807, 2.05) is 32.9 Å². The van der Waals surface area contributed by atoms with Gasteiger partial charge in [0.15, 0.2) is 6.29 Å². The van der Waals surface area contributed by atoms with Crippen molar-refractivity contribution in [2.24, 2.45) is 0 Å². The Labute approximate surface area is 113 Å². The number of fused-ring (bicyclic) bond motifs is 1. The standard InChI is InChI=1S/C15H19NO3/c1-15(2,3)19-14(18)16-9-5-8-11-6-4-7-12(10-17)13(11)16/h4,6-7,10H,5,8-9H2,1-3H3. The van der Waals surface area contributed by atoms with E-state index < -0.39 is 5.60 Å². The van der Waals surface area contributed by atoms with Gasteiger partial charge in [0, 0.05) is 12.1 Å². The molecular formula is C15H19NO3. The Kier molecular flexibility index (Phi) is 3.60. The maximum atomic E-state index is 12.2. The lowest BCUT2D eigenvalue weighted by Crippen LogP contribution is -2.40. The van der Waals surface area contributed by atoms with Gasteiger partial charge < -0.3 is 4.74 Å². The predicted molar refractivity (Wildman–Crippen MR) is 73.7 cm³/mol. The summed E-state index contributed by atoms with van der Waals surface area (Å²) in [6.45, 7) is 6.09. The van der Waals surface area contributed by atoms with E-state index in [0.717, 1.165) is 24.7 Å². The lowest BCUT2D eigenvalue weighted by molar-refractivity contribution is 0.0578. The fourth-order valence-electron chi connectivity index (χ4n) is 2.28. The van der Waals surface area contributed by atoms with Crippen LogP contribution >= 0.6 is 0 Å². The third kappa shape index (κ3) is 2.95. The second-order valence-corrected chi connectivity index (χ2v) is 5.71. The van der Waals surface area contributed by atoms with Crippen LogP contribution in [-0.4, -0.2) is 24.5 Å². The number of hydrogen-bond acceptors (Lipinski definition) is 3. The van der Waals surface area contributed by atoms with E-state index in [4.69, 9.17) is 4.74 Å². The van der Waals surface area contributed by atoms with Gasteiger partial charge in [-0.15, -0.1) is 0 Å². The van der Waals surface area contributed by atoms with Crippen molar-refractivity contribution in [2.45, 2.75) is 39.2 Å². The van der Waals surface area contributed by atoms with Gasteiger partial charge in [-0.1, -0.05) is 12.1 Å². The smallest absolute Gasteiger partial charge is 0.414 e. The molecule has 1 aliphatic heterocycles. The van der Waals surface area contributed by atoms with Crippen LogP contribution in [-0.2, 0) is 11.2 Å². The molecule has 0 fully saturated rings. The Bertz CT molecular complexity index is 503. The summed E-state index contributed by atoms with van der Waals surface area (Å²) in [4.78, 5) is 25.0. The Morgan fingerprint density at radius 2 is 2.11 bits per heavy atom. The summed E-state index contributed by atoms with van der Waals surface area (Å²) in [6, 6.07) is 5.54. The second kappa shape index (κ2) is 5.03. The van der Waals surface area contributed by atoms with Crippen LogP contribution in [0.3, 0.4) is 0 Å². The van der Waals surface area contributed by atoms with Crippen molar-refractivity contribution < 1.29 is 14.3 Å². The van der Waals surface area contributed by atoms with Gasteiger partial charge in [-0.2, -0.15) is 0 Å². The van der Waals surface area contributed by atoms with Crippen LogP contribution in [0.2, 0.25) is 0 Å². The summed E-state index contributed by atoms with van der Waals surface area (Å²) in [5, 5.41) is 0. The van der Waals surface area contributed by atoms with E-state index in [1.54, 1.807) is 11.0 Å². The van der Waals surface area contributed by atoms with Gasteiger partial charge in [0.25, 0.3) is 0 Å². The van der Waals surface area contributed by atoms with Crippen LogP contribution < -0.4 is 4.90 Å². The van der Waals surface area contributed by atoms with E-state index in [9.17, 15) is 9.59 Å². The molecule has 4 nitrogen and oxygen atoms in total. The van der Waals surface area contributed by atoms with Crippen molar-refractivity contribution >= 4 is 18.1 Å². The van der Waals surface area contributed by atoms with Gasteiger partial charge >= 0.3 is 6.09 Å².